The molecule has 3 rings (SSSR count). The summed E-state index contributed by atoms with van der Waals surface area (Å²) in [5.41, 5.74) is 2.05. The highest BCUT2D eigenvalue weighted by Crippen LogP contribution is 2.19. The zero-order valence-corrected chi connectivity index (χ0v) is 9.18. The number of fused-ring (bicyclic) bond motifs is 1. The van der Waals surface area contributed by atoms with Gasteiger partial charge in [-0.25, -0.2) is 4.98 Å². The molecular formula is C11H14N4O. The van der Waals surface area contributed by atoms with E-state index >= 15 is 0 Å². The van der Waals surface area contributed by atoms with Crippen molar-refractivity contribution >= 4 is 11.0 Å². The summed E-state index contributed by atoms with van der Waals surface area (Å²) >= 11 is 0. The highest BCUT2D eigenvalue weighted by Gasteiger charge is 2.20. The van der Waals surface area contributed by atoms with Crippen molar-refractivity contribution in [3.8, 4) is 0 Å². The Balaban J connectivity index is 2.05. The fourth-order valence-corrected chi connectivity index (χ4v) is 2.10. The molecule has 16 heavy (non-hydrogen) atoms. The van der Waals surface area contributed by atoms with Crippen LogP contribution in [0.1, 0.15) is 11.9 Å². The van der Waals surface area contributed by atoms with Gasteiger partial charge in [-0.2, -0.15) is 0 Å². The molecule has 2 aromatic rings. The summed E-state index contributed by atoms with van der Waals surface area (Å²) in [6.07, 6.45) is 3.61. The number of hydrogen-bond acceptors (Lipinski definition) is 4. The van der Waals surface area contributed by atoms with Crippen molar-refractivity contribution in [3.63, 3.8) is 0 Å². The van der Waals surface area contributed by atoms with E-state index in [4.69, 9.17) is 4.74 Å². The first-order chi connectivity index (χ1) is 7.86. The second kappa shape index (κ2) is 3.84. The first-order valence-corrected chi connectivity index (χ1v) is 5.44. The van der Waals surface area contributed by atoms with E-state index < -0.39 is 0 Å². The van der Waals surface area contributed by atoms with E-state index in [0.717, 1.165) is 30.0 Å². The van der Waals surface area contributed by atoms with Crippen LogP contribution in [0.25, 0.3) is 11.0 Å². The van der Waals surface area contributed by atoms with Crippen LogP contribution in [0.3, 0.4) is 0 Å². The molecule has 2 aromatic heterocycles. The number of aryl methyl sites for hydroxylation is 1. The van der Waals surface area contributed by atoms with Crippen LogP contribution in [-0.2, 0) is 11.8 Å². The topological polar surface area (TPSA) is 52.0 Å². The first kappa shape index (κ1) is 9.74. The summed E-state index contributed by atoms with van der Waals surface area (Å²) < 4.78 is 7.53. The van der Waals surface area contributed by atoms with Crippen molar-refractivity contribution in [1.29, 1.82) is 0 Å². The number of aromatic nitrogens is 3. The summed E-state index contributed by atoms with van der Waals surface area (Å²) in [6.45, 7) is 2.35. The Labute approximate surface area is 93.5 Å². The standard InChI is InChI=1S/C11H14N4O/c1-15-10-6-12-3-2-8(10)14-11(15)9-7-16-5-4-13-9/h2-3,6,9,13H,4-5,7H2,1H3. The zero-order chi connectivity index (χ0) is 11.0. The van der Waals surface area contributed by atoms with Gasteiger partial charge in [-0.3, -0.25) is 4.98 Å². The van der Waals surface area contributed by atoms with Gasteiger partial charge in [0.15, 0.2) is 0 Å². The van der Waals surface area contributed by atoms with E-state index in [0.29, 0.717) is 6.61 Å². The van der Waals surface area contributed by atoms with Crippen LogP contribution < -0.4 is 5.32 Å². The van der Waals surface area contributed by atoms with E-state index in [2.05, 4.69) is 19.9 Å². The van der Waals surface area contributed by atoms with Gasteiger partial charge in [-0.1, -0.05) is 0 Å². The Morgan fingerprint density at radius 1 is 1.56 bits per heavy atom. The quantitative estimate of drug-likeness (QED) is 0.762. The molecule has 1 unspecified atom stereocenters. The predicted molar refractivity (Wildman–Crippen MR) is 60.1 cm³/mol. The molecule has 1 fully saturated rings. The minimum Gasteiger partial charge on any atom is -0.378 e. The Morgan fingerprint density at radius 3 is 3.25 bits per heavy atom. The molecule has 1 aliphatic heterocycles. The molecule has 0 spiro atoms. The smallest absolute Gasteiger partial charge is 0.129 e. The average molecular weight is 218 g/mol. The van der Waals surface area contributed by atoms with Crippen LogP contribution in [-0.4, -0.2) is 34.3 Å². The molecule has 0 aliphatic carbocycles. The Hall–Kier alpha value is -1.46. The number of hydrogen-bond donors (Lipinski definition) is 1. The number of rotatable bonds is 1. The second-order valence-corrected chi connectivity index (χ2v) is 3.98. The molecule has 1 aliphatic rings. The van der Waals surface area contributed by atoms with Gasteiger partial charge in [-0.05, 0) is 6.07 Å². The number of imidazole rings is 1. The molecule has 0 bridgehead atoms. The molecule has 1 N–H and O–H groups in total. The maximum Gasteiger partial charge on any atom is 0.129 e. The number of morpholine rings is 1. The number of nitrogens with one attached hydrogen (secondary N) is 1. The van der Waals surface area contributed by atoms with Crippen LogP contribution in [0.15, 0.2) is 18.5 Å². The van der Waals surface area contributed by atoms with Crippen LogP contribution in [0.5, 0.6) is 0 Å². The van der Waals surface area contributed by atoms with Crippen LogP contribution in [0.4, 0.5) is 0 Å². The normalized spacial score (nSPS) is 21.4. The fourth-order valence-electron chi connectivity index (χ4n) is 2.10. The average Bonchev–Trinajstić information content (AvgIpc) is 2.69. The van der Waals surface area contributed by atoms with Gasteiger partial charge < -0.3 is 14.6 Å². The summed E-state index contributed by atoms with van der Waals surface area (Å²) in [6, 6.07) is 2.12. The van der Waals surface area contributed by atoms with E-state index in [1.54, 1.807) is 6.20 Å². The number of pyridine rings is 1. The van der Waals surface area contributed by atoms with Crippen LogP contribution in [0, 0.1) is 0 Å². The third-order valence-electron chi connectivity index (χ3n) is 2.95. The molecule has 5 heteroatoms. The molecule has 3 heterocycles. The lowest BCUT2D eigenvalue weighted by Crippen LogP contribution is -2.36. The molecule has 0 radical (unpaired) electrons. The van der Waals surface area contributed by atoms with E-state index in [-0.39, 0.29) is 6.04 Å². The first-order valence-electron chi connectivity index (χ1n) is 5.44. The molecule has 0 amide bonds. The summed E-state index contributed by atoms with van der Waals surface area (Å²) in [5, 5.41) is 3.41. The third-order valence-corrected chi connectivity index (χ3v) is 2.95. The highest BCUT2D eigenvalue weighted by atomic mass is 16.5. The lowest BCUT2D eigenvalue weighted by Gasteiger charge is -2.23. The van der Waals surface area contributed by atoms with E-state index in [1.165, 1.54) is 0 Å². The molecule has 5 nitrogen and oxygen atoms in total. The molecular weight excluding hydrogens is 204 g/mol. The summed E-state index contributed by atoms with van der Waals surface area (Å²) in [4.78, 5) is 8.74. The maximum atomic E-state index is 5.46. The van der Waals surface area contributed by atoms with Gasteiger partial charge >= 0.3 is 0 Å². The van der Waals surface area contributed by atoms with E-state index in [1.807, 2.05) is 19.3 Å². The largest absolute Gasteiger partial charge is 0.378 e. The van der Waals surface area contributed by atoms with Gasteiger partial charge in [0, 0.05) is 19.8 Å². The minimum atomic E-state index is 0.186. The van der Waals surface area contributed by atoms with Gasteiger partial charge in [0.05, 0.1) is 36.5 Å². The number of nitrogens with zero attached hydrogens (tertiary/aromatic N) is 3. The van der Waals surface area contributed by atoms with Crippen LogP contribution >= 0.6 is 0 Å². The molecule has 0 saturated carbocycles. The molecule has 1 saturated heterocycles. The Bertz CT molecular complexity index is 502. The van der Waals surface area contributed by atoms with Crippen molar-refractivity contribution in [1.82, 2.24) is 19.9 Å². The molecule has 1 atom stereocenters. The second-order valence-electron chi connectivity index (χ2n) is 3.98. The lowest BCUT2D eigenvalue weighted by molar-refractivity contribution is 0.0735. The van der Waals surface area contributed by atoms with E-state index in [9.17, 15) is 0 Å². The predicted octanol–water partition coefficient (Wildman–Crippen LogP) is 0.629. The maximum absolute atomic E-state index is 5.46. The fraction of sp³-hybridized carbons (Fsp3) is 0.455. The van der Waals surface area contributed by atoms with Gasteiger partial charge in [-0.15, -0.1) is 0 Å². The lowest BCUT2D eigenvalue weighted by atomic mass is 10.2. The van der Waals surface area contributed by atoms with Gasteiger partial charge in [0.2, 0.25) is 0 Å². The van der Waals surface area contributed by atoms with Crippen LogP contribution in [0.2, 0.25) is 0 Å². The van der Waals surface area contributed by atoms with Crippen molar-refractivity contribution < 1.29 is 4.74 Å². The molecule has 0 aromatic carbocycles. The monoisotopic (exact) mass is 218 g/mol. The number of ether oxygens (including phenoxy) is 1. The summed E-state index contributed by atoms with van der Waals surface area (Å²) in [5.74, 6) is 1.02. The Morgan fingerprint density at radius 2 is 2.50 bits per heavy atom. The van der Waals surface area contributed by atoms with Crippen molar-refractivity contribution in [2.45, 2.75) is 6.04 Å². The third kappa shape index (κ3) is 1.48. The minimum absolute atomic E-state index is 0.186. The van der Waals surface area contributed by atoms with Gasteiger partial charge in [0.25, 0.3) is 0 Å². The highest BCUT2D eigenvalue weighted by molar-refractivity contribution is 5.74. The van der Waals surface area contributed by atoms with Crippen molar-refractivity contribution in [3.05, 3.63) is 24.3 Å². The SMILES string of the molecule is Cn1c(C2COCCN2)nc2ccncc21. The summed E-state index contributed by atoms with van der Waals surface area (Å²) in [7, 11) is 2.02. The van der Waals surface area contributed by atoms with Crippen molar-refractivity contribution in [2.24, 2.45) is 7.05 Å². The van der Waals surface area contributed by atoms with Gasteiger partial charge in [0.1, 0.15) is 5.82 Å². The molecule has 84 valence electrons. The Kier molecular flexibility index (Phi) is 2.34. The van der Waals surface area contributed by atoms with Crippen molar-refractivity contribution in [2.75, 3.05) is 19.8 Å². The zero-order valence-electron chi connectivity index (χ0n) is 9.18.